The van der Waals surface area contributed by atoms with Crippen LogP contribution < -0.4 is 10.0 Å². The van der Waals surface area contributed by atoms with Crippen LogP contribution in [-0.2, 0) is 14.8 Å². The van der Waals surface area contributed by atoms with Crippen LogP contribution >= 0.6 is 22.9 Å². The maximum atomic E-state index is 13.5. The molecule has 0 aliphatic carbocycles. The lowest BCUT2D eigenvalue weighted by Crippen LogP contribution is -2.57. The predicted octanol–water partition coefficient (Wildman–Crippen LogP) is 1.75. The van der Waals surface area contributed by atoms with Gasteiger partial charge in [-0.1, -0.05) is 17.7 Å². The summed E-state index contributed by atoms with van der Waals surface area (Å²) in [6.45, 7) is 3.76. The van der Waals surface area contributed by atoms with Crippen molar-refractivity contribution in [2.75, 3.05) is 39.8 Å². The lowest BCUT2D eigenvalue weighted by Gasteiger charge is -2.34. The molecule has 2 amide bonds. The van der Waals surface area contributed by atoms with Gasteiger partial charge in [-0.3, -0.25) is 9.59 Å². The third kappa shape index (κ3) is 5.95. The van der Waals surface area contributed by atoms with Gasteiger partial charge in [0.05, 0.1) is 19.8 Å². The van der Waals surface area contributed by atoms with E-state index in [1.165, 1.54) is 6.07 Å². The Morgan fingerprint density at radius 1 is 1.14 bits per heavy atom. The molecule has 0 bridgehead atoms. The van der Waals surface area contributed by atoms with Gasteiger partial charge in [0.15, 0.2) is 0 Å². The van der Waals surface area contributed by atoms with Gasteiger partial charge in [-0.15, -0.1) is 11.3 Å². The minimum absolute atomic E-state index is 0.0306. The van der Waals surface area contributed by atoms with E-state index < -0.39 is 27.9 Å². The summed E-state index contributed by atoms with van der Waals surface area (Å²) in [5.74, 6) is -0.823. The fourth-order valence-electron chi connectivity index (χ4n) is 3.95. The molecule has 192 valence electrons. The highest BCUT2D eigenvalue weighted by Crippen LogP contribution is 2.23. The van der Waals surface area contributed by atoms with Crippen LogP contribution in [0.5, 0.6) is 0 Å². The summed E-state index contributed by atoms with van der Waals surface area (Å²) in [6, 6.07) is 8.60. The molecule has 0 spiro atoms. The van der Waals surface area contributed by atoms with Gasteiger partial charge >= 0.3 is 0 Å². The molecule has 13 heteroatoms. The number of nitrogens with one attached hydrogen (secondary N) is 2. The first-order valence-electron chi connectivity index (χ1n) is 11.3. The lowest BCUT2D eigenvalue weighted by atomic mass is 10.2. The Kier molecular flexibility index (Phi) is 8.10. The van der Waals surface area contributed by atoms with E-state index in [0.717, 1.165) is 11.3 Å². The van der Waals surface area contributed by atoms with Gasteiger partial charge < -0.3 is 15.1 Å². The van der Waals surface area contributed by atoms with Gasteiger partial charge in [0.25, 0.3) is 5.91 Å². The first-order chi connectivity index (χ1) is 17.2. The molecule has 0 radical (unpaired) electrons. The quantitative estimate of drug-likeness (QED) is 0.441. The molecular weight excluding hydrogens is 524 g/mol. The van der Waals surface area contributed by atoms with Gasteiger partial charge in [-0.25, -0.2) is 13.1 Å². The third-order valence-corrected chi connectivity index (χ3v) is 8.82. The number of aromatic nitrogens is 2. The molecule has 1 aromatic carbocycles. The zero-order chi connectivity index (χ0) is 25.9. The summed E-state index contributed by atoms with van der Waals surface area (Å²) in [6.07, 6.45) is 3.32. The Morgan fingerprint density at radius 2 is 1.89 bits per heavy atom. The molecule has 4 rings (SSSR count). The summed E-state index contributed by atoms with van der Waals surface area (Å²) in [5.41, 5.74) is 1.09. The molecule has 2 aromatic heterocycles. The predicted molar refractivity (Wildman–Crippen MR) is 138 cm³/mol. The van der Waals surface area contributed by atoms with Crippen molar-refractivity contribution >= 4 is 44.8 Å². The topological polar surface area (TPSA) is 117 Å². The Morgan fingerprint density at radius 3 is 2.53 bits per heavy atom. The van der Waals surface area contributed by atoms with Gasteiger partial charge in [-0.05, 0) is 49.9 Å². The second-order valence-corrected chi connectivity index (χ2v) is 11.9. The molecule has 1 aliphatic heterocycles. The van der Waals surface area contributed by atoms with E-state index in [2.05, 4.69) is 20.0 Å². The van der Waals surface area contributed by atoms with Crippen molar-refractivity contribution in [2.24, 2.45) is 0 Å². The molecule has 1 fully saturated rings. The summed E-state index contributed by atoms with van der Waals surface area (Å²) >= 11 is 7.03. The van der Waals surface area contributed by atoms with Crippen molar-refractivity contribution in [3.63, 3.8) is 0 Å². The minimum Gasteiger partial charge on any atom is -0.349 e. The number of hydrogen-bond acceptors (Lipinski definition) is 7. The van der Waals surface area contributed by atoms with Crippen LogP contribution in [0.1, 0.15) is 15.2 Å². The van der Waals surface area contributed by atoms with E-state index in [9.17, 15) is 18.0 Å². The summed E-state index contributed by atoms with van der Waals surface area (Å²) in [5, 5.41) is 6.86. The molecule has 3 heterocycles. The van der Waals surface area contributed by atoms with E-state index >= 15 is 0 Å². The molecule has 3 aromatic rings. The number of piperazine rings is 1. The second kappa shape index (κ2) is 11.1. The average molecular weight is 551 g/mol. The van der Waals surface area contributed by atoms with Gasteiger partial charge in [0.1, 0.15) is 6.04 Å². The highest BCUT2D eigenvalue weighted by atomic mass is 35.5. The molecule has 0 unspecified atom stereocenters. The van der Waals surface area contributed by atoms with Crippen LogP contribution in [0.3, 0.4) is 0 Å². The fraction of sp³-hybridized carbons (Fsp3) is 0.348. The van der Waals surface area contributed by atoms with Crippen molar-refractivity contribution in [3.8, 4) is 5.69 Å². The largest absolute Gasteiger partial charge is 0.349 e. The van der Waals surface area contributed by atoms with E-state index in [0.29, 0.717) is 46.6 Å². The number of hydrogen-bond donors (Lipinski definition) is 2. The van der Waals surface area contributed by atoms with Crippen LogP contribution in [0.15, 0.2) is 53.7 Å². The molecular formula is C23H27ClN6O4S2. The number of carbonyl (C=O) groups is 2. The Hall–Kier alpha value is -2.77. The van der Waals surface area contributed by atoms with Gasteiger partial charge in [0, 0.05) is 45.1 Å². The van der Waals surface area contributed by atoms with Crippen molar-refractivity contribution in [1.82, 2.24) is 29.6 Å². The number of nitrogens with zero attached hydrogens (tertiary/aromatic N) is 4. The number of benzene rings is 1. The summed E-state index contributed by atoms with van der Waals surface area (Å²) < 4.78 is 31.6. The number of likely N-dealkylation sites (N-methyl/N-ethyl adjacent to an activating group) is 1. The SMILES string of the molecule is Cc1c(-n2cccn2)cccc1S(=O)(=O)N[C@@H](CNC(=O)c1ccc(Cl)s1)C(=O)N1CCN(C)CC1. The number of amides is 2. The van der Waals surface area contributed by atoms with Gasteiger partial charge in [-0.2, -0.15) is 9.82 Å². The zero-order valence-electron chi connectivity index (χ0n) is 19.8. The Balaban J connectivity index is 1.58. The van der Waals surface area contributed by atoms with Crippen LogP contribution in [-0.4, -0.2) is 85.6 Å². The summed E-state index contributed by atoms with van der Waals surface area (Å²) in [7, 11) is -2.16. The van der Waals surface area contributed by atoms with Crippen molar-refractivity contribution in [2.45, 2.75) is 17.9 Å². The first kappa shape index (κ1) is 26.3. The lowest BCUT2D eigenvalue weighted by molar-refractivity contribution is -0.134. The maximum absolute atomic E-state index is 13.5. The maximum Gasteiger partial charge on any atom is 0.261 e. The fourth-order valence-corrected chi connectivity index (χ4v) is 6.36. The Labute approximate surface area is 218 Å². The molecule has 1 saturated heterocycles. The molecule has 2 N–H and O–H groups in total. The van der Waals surface area contributed by atoms with E-state index in [4.69, 9.17) is 11.6 Å². The minimum atomic E-state index is -4.13. The van der Waals surface area contributed by atoms with Gasteiger partial charge in [0.2, 0.25) is 15.9 Å². The molecule has 10 nitrogen and oxygen atoms in total. The van der Waals surface area contributed by atoms with Crippen molar-refractivity contribution in [3.05, 3.63) is 63.6 Å². The number of carbonyl (C=O) groups excluding carboxylic acids is 2. The first-order valence-corrected chi connectivity index (χ1v) is 14.0. The number of sulfonamides is 1. The van der Waals surface area contributed by atoms with Crippen LogP contribution in [0.4, 0.5) is 0 Å². The molecule has 1 aliphatic rings. The van der Waals surface area contributed by atoms with Crippen LogP contribution in [0, 0.1) is 6.92 Å². The Bertz CT molecular complexity index is 1330. The second-order valence-electron chi connectivity index (χ2n) is 8.47. The normalized spacial score (nSPS) is 15.6. The zero-order valence-corrected chi connectivity index (χ0v) is 22.2. The smallest absolute Gasteiger partial charge is 0.261 e. The standard InChI is InChI=1S/C23H27ClN6O4S2/c1-16-18(30-10-4-9-26-30)5-3-6-20(16)36(33,34)27-17(23(32)29-13-11-28(2)12-14-29)15-25-22(31)19-7-8-21(24)35-19/h3-10,17,27H,11-15H2,1-2H3,(H,25,31)/t17-/m0/s1. The monoisotopic (exact) mass is 550 g/mol. The molecule has 0 saturated carbocycles. The highest BCUT2D eigenvalue weighted by Gasteiger charge is 2.32. The molecule has 1 atom stereocenters. The van der Waals surface area contributed by atoms with E-state index in [1.54, 1.807) is 59.2 Å². The van der Waals surface area contributed by atoms with E-state index in [-0.39, 0.29) is 11.4 Å². The number of thiophene rings is 1. The number of rotatable bonds is 8. The number of halogens is 1. The van der Waals surface area contributed by atoms with Crippen molar-refractivity contribution in [1.29, 1.82) is 0 Å². The van der Waals surface area contributed by atoms with Crippen LogP contribution in [0.2, 0.25) is 4.34 Å². The average Bonchev–Trinajstić information content (AvgIpc) is 3.54. The van der Waals surface area contributed by atoms with Crippen molar-refractivity contribution < 1.29 is 18.0 Å². The summed E-state index contributed by atoms with van der Waals surface area (Å²) in [4.78, 5) is 30.1. The third-order valence-electron chi connectivity index (χ3n) is 5.97. The molecule has 36 heavy (non-hydrogen) atoms. The van der Waals surface area contributed by atoms with Crippen LogP contribution in [0.25, 0.3) is 5.69 Å². The van der Waals surface area contributed by atoms with E-state index in [1.807, 2.05) is 7.05 Å². The highest BCUT2D eigenvalue weighted by molar-refractivity contribution is 7.89.